The Morgan fingerprint density at radius 1 is 1.18 bits per heavy atom. The standard InChI is InChI=1S/C18H28N4/c1-15-5-2-3-12-22(15)14-17-8-6-16(7-9-17)13-21-18-19-10-4-11-20-18/h6-9,15H,2-5,10-14H2,1H3,(H2,19,20,21). The number of benzene rings is 1. The van der Waals surface area contributed by atoms with E-state index in [1.807, 2.05) is 0 Å². The maximum Gasteiger partial charge on any atom is 0.191 e. The lowest BCUT2D eigenvalue weighted by Gasteiger charge is -2.33. The molecular weight excluding hydrogens is 272 g/mol. The molecule has 22 heavy (non-hydrogen) atoms. The van der Waals surface area contributed by atoms with Crippen molar-refractivity contribution >= 4 is 5.96 Å². The summed E-state index contributed by atoms with van der Waals surface area (Å²) >= 11 is 0. The minimum Gasteiger partial charge on any atom is -0.356 e. The first-order chi connectivity index (χ1) is 10.8. The zero-order valence-electron chi connectivity index (χ0n) is 13.6. The lowest BCUT2D eigenvalue weighted by Crippen LogP contribution is -2.40. The Balaban J connectivity index is 1.50. The second kappa shape index (κ2) is 7.63. The summed E-state index contributed by atoms with van der Waals surface area (Å²) in [5, 5.41) is 6.67. The maximum absolute atomic E-state index is 4.44. The average Bonchev–Trinajstić information content (AvgIpc) is 2.57. The predicted octanol–water partition coefficient (Wildman–Crippen LogP) is 2.50. The molecule has 1 atom stereocenters. The van der Waals surface area contributed by atoms with Gasteiger partial charge in [0.05, 0.1) is 0 Å². The van der Waals surface area contributed by atoms with Crippen molar-refractivity contribution in [1.29, 1.82) is 0 Å². The number of aliphatic imine (C=N–C) groups is 1. The summed E-state index contributed by atoms with van der Waals surface area (Å²) in [6, 6.07) is 9.74. The Labute approximate surface area is 134 Å². The Morgan fingerprint density at radius 2 is 2.00 bits per heavy atom. The zero-order valence-corrected chi connectivity index (χ0v) is 13.6. The highest BCUT2D eigenvalue weighted by Crippen LogP contribution is 2.19. The Morgan fingerprint density at radius 3 is 2.73 bits per heavy atom. The van der Waals surface area contributed by atoms with Gasteiger partial charge in [-0.15, -0.1) is 0 Å². The summed E-state index contributed by atoms with van der Waals surface area (Å²) < 4.78 is 0. The third-order valence-corrected chi connectivity index (χ3v) is 4.71. The third kappa shape index (κ3) is 4.23. The van der Waals surface area contributed by atoms with Crippen LogP contribution in [0.2, 0.25) is 0 Å². The van der Waals surface area contributed by atoms with Crippen LogP contribution in [0.3, 0.4) is 0 Å². The number of nitrogens with zero attached hydrogens (tertiary/aromatic N) is 2. The van der Waals surface area contributed by atoms with Gasteiger partial charge in [0.25, 0.3) is 0 Å². The molecular formula is C18H28N4. The molecule has 1 fully saturated rings. The van der Waals surface area contributed by atoms with E-state index in [1.54, 1.807) is 0 Å². The molecule has 0 bridgehead atoms. The molecule has 0 spiro atoms. The molecule has 0 aromatic heterocycles. The van der Waals surface area contributed by atoms with Crippen LogP contribution in [-0.4, -0.2) is 36.5 Å². The first-order valence-electron chi connectivity index (χ1n) is 8.65. The van der Waals surface area contributed by atoms with E-state index in [0.717, 1.165) is 44.6 Å². The van der Waals surface area contributed by atoms with E-state index in [1.165, 1.54) is 36.9 Å². The number of rotatable bonds is 4. The number of likely N-dealkylation sites (tertiary alicyclic amines) is 1. The van der Waals surface area contributed by atoms with Crippen LogP contribution in [0.4, 0.5) is 0 Å². The Hall–Kier alpha value is -1.55. The zero-order chi connectivity index (χ0) is 15.2. The van der Waals surface area contributed by atoms with Crippen LogP contribution < -0.4 is 10.6 Å². The van der Waals surface area contributed by atoms with E-state index in [9.17, 15) is 0 Å². The molecule has 2 heterocycles. The van der Waals surface area contributed by atoms with E-state index in [-0.39, 0.29) is 0 Å². The van der Waals surface area contributed by atoms with Crippen LogP contribution in [0, 0.1) is 0 Å². The first-order valence-corrected chi connectivity index (χ1v) is 8.65. The normalized spacial score (nSPS) is 22.8. The molecule has 2 N–H and O–H groups in total. The number of hydrogen-bond acceptors (Lipinski definition) is 4. The van der Waals surface area contributed by atoms with Gasteiger partial charge in [0, 0.05) is 32.2 Å². The summed E-state index contributed by atoms with van der Waals surface area (Å²) in [6.45, 7) is 7.49. The Kier molecular flexibility index (Phi) is 5.33. The van der Waals surface area contributed by atoms with Crippen LogP contribution in [0.5, 0.6) is 0 Å². The molecule has 0 radical (unpaired) electrons. The molecule has 1 aromatic rings. The smallest absolute Gasteiger partial charge is 0.191 e. The van der Waals surface area contributed by atoms with Crippen molar-refractivity contribution in [1.82, 2.24) is 15.5 Å². The molecule has 0 saturated carbocycles. The van der Waals surface area contributed by atoms with Crippen molar-refractivity contribution in [3.05, 3.63) is 35.4 Å². The monoisotopic (exact) mass is 300 g/mol. The van der Waals surface area contributed by atoms with Gasteiger partial charge in [-0.2, -0.15) is 0 Å². The summed E-state index contributed by atoms with van der Waals surface area (Å²) in [7, 11) is 0. The van der Waals surface area contributed by atoms with Gasteiger partial charge < -0.3 is 10.6 Å². The number of piperidine rings is 1. The SMILES string of the molecule is CC1CCCCN1Cc1ccc(CNC2=NCCCN2)cc1. The van der Waals surface area contributed by atoms with Crippen molar-refractivity contribution in [3.63, 3.8) is 0 Å². The van der Waals surface area contributed by atoms with Crippen molar-refractivity contribution < 1.29 is 0 Å². The average molecular weight is 300 g/mol. The van der Waals surface area contributed by atoms with Gasteiger partial charge in [0.1, 0.15) is 0 Å². The molecule has 2 aliphatic heterocycles. The first kappa shape index (κ1) is 15.3. The Bertz CT molecular complexity index is 494. The van der Waals surface area contributed by atoms with E-state index >= 15 is 0 Å². The van der Waals surface area contributed by atoms with E-state index in [4.69, 9.17) is 0 Å². The van der Waals surface area contributed by atoms with Crippen LogP contribution in [-0.2, 0) is 13.1 Å². The minimum absolute atomic E-state index is 0.727. The molecule has 0 amide bonds. The van der Waals surface area contributed by atoms with Crippen molar-refractivity contribution in [2.75, 3.05) is 19.6 Å². The lowest BCUT2D eigenvalue weighted by molar-refractivity contribution is 0.152. The fourth-order valence-corrected chi connectivity index (χ4v) is 3.23. The van der Waals surface area contributed by atoms with Crippen molar-refractivity contribution in [2.45, 2.75) is 51.7 Å². The number of nitrogens with one attached hydrogen (secondary N) is 2. The van der Waals surface area contributed by atoms with Gasteiger partial charge in [-0.3, -0.25) is 9.89 Å². The predicted molar refractivity (Wildman–Crippen MR) is 91.9 cm³/mol. The van der Waals surface area contributed by atoms with E-state index in [0.29, 0.717) is 0 Å². The largest absolute Gasteiger partial charge is 0.356 e. The van der Waals surface area contributed by atoms with Gasteiger partial charge in [0.2, 0.25) is 0 Å². The highest BCUT2D eigenvalue weighted by molar-refractivity contribution is 5.80. The highest BCUT2D eigenvalue weighted by atomic mass is 15.2. The summed E-state index contributed by atoms with van der Waals surface area (Å²) in [4.78, 5) is 7.04. The van der Waals surface area contributed by atoms with E-state index < -0.39 is 0 Å². The fourth-order valence-electron chi connectivity index (χ4n) is 3.23. The molecule has 1 unspecified atom stereocenters. The number of guanidine groups is 1. The molecule has 3 rings (SSSR count). The number of hydrogen-bond donors (Lipinski definition) is 2. The topological polar surface area (TPSA) is 39.7 Å². The maximum atomic E-state index is 4.44. The van der Waals surface area contributed by atoms with Crippen LogP contribution in [0.1, 0.15) is 43.7 Å². The lowest BCUT2D eigenvalue weighted by atomic mass is 10.0. The van der Waals surface area contributed by atoms with Gasteiger partial charge in [-0.05, 0) is 43.9 Å². The highest BCUT2D eigenvalue weighted by Gasteiger charge is 2.17. The molecule has 2 aliphatic rings. The van der Waals surface area contributed by atoms with Gasteiger partial charge >= 0.3 is 0 Å². The second-order valence-corrected chi connectivity index (χ2v) is 6.50. The molecule has 4 heteroatoms. The third-order valence-electron chi connectivity index (χ3n) is 4.71. The van der Waals surface area contributed by atoms with Crippen LogP contribution in [0.15, 0.2) is 29.3 Å². The second-order valence-electron chi connectivity index (χ2n) is 6.50. The molecule has 1 saturated heterocycles. The molecule has 120 valence electrons. The molecule has 0 aliphatic carbocycles. The minimum atomic E-state index is 0.727. The van der Waals surface area contributed by atoms with Crippen molar-refractivity contribution in [2.24, 2.45) is 4.99 Å². The molecule has 4 nitrogen and oxygen atoms in total. The van der Waals surface area contributed by atoms with Gasteiger partial charge in [-0.25, -0.2) is 0 Å². The van der Waals surface area contributed by atoms with Gasteiger partial charge in [-0.1, -0.05) is 30.7 Å². The molecule has 1 aromatic carbocycles. The van der Waals surface area contributed by atoms with Gasteiger partial charge in [0.15, 0.2) is 5.96 Å². The van der Waals surface area contributed by atoms with Crippen molar-refractivity contribution in [3.8, 4) is 0 Å². The summed E-state index contributed by atoms with van der Waals surface area (Å²) in [5.41, 5.74) is 2.73. The van der Waals surface area contributed by atoms with E-state index in [2.05, 4.69) is 51.7 Å². The van der Waals surface area contributed by atoms with Crippen LogP contribution >= 0.6 is 0 Å². The quantitative estimate of drug-likeness (QED) is 0.897. The fraction of sp³-hybridized carbons (Fsp3) is 0.611. The van der Waals surface area contributed by atoms with Crippen LogP contribution in [0.25, 0.3) is 0 Å². The summed E-state index contributed by atoms with van der Waals surface area (Å²) in [5.74, 6) is 0.942. The summed E-state index contributed by atoms with van der Waals surface area (Å²) in [6.07, 6.45) is 5.22.